The molecule has 0 aliphatic rings. The van der Waals surface area contributed by atoms with Crippen molar-refractivity contribution in [2.75, 3.05) is 18.9 Å². The second-order valence-electron chi connectivity index (χ2n) is 5.56. The largest absolute Gasteiger partial charge is 0.493 e. The standard InChI is InChI=1S/C18H21NO6S/c1-4-5-12-6-8-13(9-7-12)26(22,23)19-15-11-17(25-3)16(24-2)10-14(15)18(20)21/h6-11,19H,4-5H2,1-3H3,(H,20,21). The molecular weight excluding hydrogens is 358 g/mol. The summed E-state index contributed by atoms with van der Waals surface area (Å²) in [6.45, 7) is 2.04. The van der Waals surface area contributed by atoms with E-state index in [9.17, 15) is 18.3 Å². The van der Waals surface area contributed by atoms with Crippen molar-refractivity contribution < 1.29 is 27.8 Å². The number of hydrogen-bond acceptors (Lipinski definition) is 5. The quantitative estimate of drug-likeness (QED) is 0.730. The second kappa shape index (κ2) is 8.09. The first-order chi connectivity index (χ1) is 12.3. The Bertz CT molecular complexity index is 891. The summed E-state index contributed by atoms with van der Waals surface area (Å²) in [5.41, 5.74) is 0.686. The van der Waals surface area contributed by atoms with Crippen molar-refractivity contribution in [2.45, 2.75) is 24.7 Å². The molecule has 26 heavy (non-hydrogen) atoms. The van der Waals surface area contributed by atoms with E-state index >= 15 is 0 Å². The molecule has 0 saturated carbocycles. The lowest BCUT2D eigenvalue weighted by molar-refractivity contribution is 0.0697. The molecule has 140 valence electrons. The van der Waals surface area contributed by atoms with Gasteiger partial charge in [-0.25, -0.2) is 13.2 Å². The maximum absolute atomic E-state index is 12.6. The van der Waals surface area contributed by atoms with Crippen molar-refractivity contribution in [3.8, 4) is 11.5 Å². The molecule has 0 radical (unpaired) electrons. The fraction of sp³-hybridized carbons (Fsp3) is 0.278. The molecular formula is C18H21NO6S. The summed E-state index contributed by atoms with van der Waals surface area (Å²) in [7, 11) is -1.21. The van der Waals surface area contributed by atoms with Gasteiger partial charge in [0, 0.05) is 12.1 Å². The molecule has 2 rings (SSSR count). The number of carboxylic acid groups (broad SMARTS) is 1. The SMILES string of the molecule is CCCc1ccc(S(=O)(=O)Nc2cc(OC)c(OC)cc2C(=O)O)cc1. The third-order valence-electron chi connectivity index (χ3n) is 3.77. The molecule has 0 aromatic heterocycles. The number of rotatable bonds is 8. The maximum atomic E-state index is 12.6. The van der Waals surface area contributed by atoms with Crippen LogP contribution < -0.4 is 14.2 Å². The fourth-order valence-corrected chi connectivity index (χ4v) is 3.54. The molecule has 0 aliphatic heterocycles. The molecule has 2 aromatic carbocycles. The summed E-state index contributed by atoms with van der Waals surface area (Å²) >= 11 is 0. The van der Waals surface area contributed by atoms with Crippen LogP contribution in [0.15, 0.2) is 41.3 Å². The van der Waals surface area contributed by atoms with Gasteiger partial charge >= 0.3 is 5.97 Å². The molecule has 0 bridgehead atoms. The van der Waals surface area contributed by atoms with Crippen LogP contribution in [0.1, 0.15) is 29.3 Å². The van der Waals surface area contributed by atoms with Gasteiger partial charge in [0.25, 0.3) is 10.0 Å². The summed E-state index contributed by atoms with van der Waals surface area (Å²) < 4.78 is 37.8. The number of nitrogens with one attached hydrogen (secondary N) is 1. The van der Waals surface area contributed by atoms with Crippen molar-refractivity contribution in [3.05, 3.63) is 47.5 Å². The number of aromatic carboxylic acids is 1. The van der Waals surface area contributed by atoms with Gasteiger partial charge in [0.2, 0.25) is 0 Å². The molecule has 0 unspecified atom stereocenters. The molecule has 0 saturated heterocycles. The van der Waals surface area contributed by atoms with Crippen LogP contribution in [-0.2, 0) is 16.4 Å². The van der Waals surface area contributed by atoms with Gasteiger partial charge in [-0.1, -0.05) is 25.5 Å². The van der Waals surface area contributed by atoms with Gasteiger partial charge in [-0.3, -0.25) is 4.72 Å². The van der Waals surface area contributed by atoms with Gasteiger partial charge in [0.15, 0.2) is 11.5 Å². The first-order valence-electron chi connectivity index (χ1n) is 7.93. The lowest BCUT2D eigenvalue weighted by Crippen LogP contribution is -2.16. The van der Waals surface area contributed by atoms with Crippen molar-refractivity contribution >= 4 is 21.7 Å². The summed E-state index contributed by atoms with van der Waals surface area (Å²) in [4.78, 5) is 11.5. The monoisotopic (exact) mass is 379 g/mol. The van der Waals surface area contributed by atoms with Crippen LogP contribution in [0.5, 0.6) is 11.5 Å². The van der Waals surface area contributed by atoms with Crippen LogP contribution in [0, 0.1) is 0 Å². The highest BCUT2D eigenvalue weighted by atomic mass is 32.2. The van der Waals surface area contributed by atoms with Crippen LogP contribution in [0.2, 0.25) is 0 Å². The maximum Gasteiger partial charge on any atom is 0.337 e. The molecule has 0 spiro atoms. The van der Waals surface area contributed by atoms with Gasteiger partial charge in [-0.05, 0) is 24.1 Å². The Kier molecular flexibility index (Phi) is 6.10. The zero-order valence-electron chi connectivity index (χ0n) is 14.8. The number of benzene rings is 2. The van der Waals surface area contributed by atoms with E-state index in [4.69, 9.17) is 9.47 Å². The van der Waals surface area contributed by atoms with Gasteiger partial charge in [-0.2, -0.15) is 0 Å². The van der Waals surface area contributed by atoms with Gasteiger partial charge < -0.3 is 14.6 Å². The van der Waals surface area contributed by atoms with E-state index in [1.165, 1.54) is 38.5 Å². The Morgan fingerprint density at radius 2 is 1.65 bits per heavy atom. The smallest absolute Gasteiger partial charge is 0.337 e. The molecule has 0 heterocycles. The summed E-state index contributed by atoms with van der Waals surface area (Å²) in [5.74, 6) is -0.882. The minimum Gasteiger partial charge on any atom is -0.493 e. The van der Waals surface area contributed by atoms with Crippen molar-refractivity contribution in [1.82, 2.24) is 0 Å². The summed E-state index contributed by atoms with van der Waals surface area (Å²) in [6, 6.07) is 8.97. The second-order valence-corrected chi connectivity index (χ2v) is 7.24. The number of ether oxygens (including phenoxy) is 2. The Balaban J connectivity index is 2.43. The Morgan fingerprint density at radius 3 is 2.15 bits per heavy atom. The van der Waals surface area contributed by atoms with E-state index in [-0.39, 0.29) is 27.6 Å². The zero-order chi connectivity index (χ0) is 19.3. The Morgan fingerprint density at radius 1 is 1.08 bits per heavy atom. The average Bonchev–Trinajstić information content (AvgIpc) is 2.61. The number of carbonyl (C=O) groups is 1. The normalized spacial score (nSPS) is 11.0. The fourth-order valence-electron chi connectivity index (χ4n) is 2.47. The topological polar surface area (TPSA) is 102 Å². The number of methoxy groups -OCH3 is 2. The number of carboxylic acids is 1. The Labute approximate surface area is 152 Å². The van der Waals surface area contributed by atoms with E-state index in [1.807, 2.05) is 6.92 Å². The predicted molar refractivity (Wildman–Crippen MR) is 97.8 cm³/mol. The van der Waals surface area contributed by atoms with Gasteiger partial charge in [0.05, 0.1) is 30.4 Å². The molecule has 2 aromatic rings. The molecule has 0 atom stereocenters. The van der Waals surface area contributed by atoms with E-state index in [0.717, 1.165) is 18.4 Å². The van der Waals surface area contributed by atoms with Gasteiger partial charge in [0.1, 0.15) is 0 Å². The highest BCUT2D eigenvalue weighted by Gasteiger charge is 2.21. The number of hydrogen-bond donors (Lipinski definition) is 2. The van der Waals surface area contributed by atoms with Crippen LogP contribution in [0.3, 0.4) is 0 Å². The molecule has 0 fully saturated rings. The highest BCUT2D eigenvalue weighted by Crippen LogP contribution is 2.34. The molecule has 2 N–H and O–H groups in total. The number of aryl methyl sites for hydroxylation is 1. The number of sulfonamides is 1. The van der Waals surface area contributed by atoms with Crippen LogP contribution >= 0.6 is 0 Å². The third-order valence-corrected chi connectivity index (χ3v) is 5.15. The van der Waals surface area contributed by atoms with Crippen molar-refractivity contribution in [1.29, 1.82) is 0 Å². The van der Waals surface area contributed by atoms with E-state index in [2.05, 4.69) is 4.72 Å². The van der Waals surface area contributed by atoms with E-state index < -0.39 is 16.0 Å². The molecule has 0 amide bonds. The molecule has 8 heteroatoms. The first kappa shape index (κ1) is 19.6. The lowest BCUT2D eigenvalue weighted by Gasteiger charge is -2.15. The van der Waals surface area contributed by atoms with Crippen LogP contribution in [-0.4, -0.2) is 33.7 Å². The minimum absolute atomic E-state index is 0.0449. The van der Waals surface area contributed by atoms with E-state index in [1.54, 1.807) is 12.1 Å². The number of anilines is 1. The predicted octanol–water partition coefficient (Wildman–Crippen LogP) is 3.16. The summed E-state index contributed by atoms with van der Waals surface area (Å²) in [5, 5.41) is 9.38. The Hall–Kier alpha value is -2.74. The zero-order valence-corrected chi connectivity index (χ0v) is 15.6. The third kappa shape index (κ3) is 4.26. The molecule has 7 nitrogen and oxygen atoms in total. The van der Waals surface area contributed by atoms with Crippen LogP contribution in [0.25, 0.3) is 0 Å². The van der Waals surface area contributed by atoms with Gasteiger partial charge in [-0.15, -0.1) is 0 Å². The van der Waals surface area contributed by atoms with E-state index in [0.29, 0.717) is 0 Å². The summed E-state index contributed by atoms with van der Waals surface area (Å²) in [6.07, 6.45) is 1.81. The lowest BCUT2D eigenvalue weighted by atomic mass is 10.1. The average molecular weight is 379 g/mol. The minimum atomic E-state index is -3.96. The van der Waals surface area contributed by atoms with Crippen molar-refractivity contribution in [2.24, 2.45) is 0 Å². The molecule has 0 aliphatic carbocycles. The highest BCUT2D eigenvalue weighted by molar-refractivity contribution is 7.92. The first-order valence-corrected chi connectivity index (χ1v) is 9.41. The van der Waals surface area contributed by atoms with Crippen molar-refractivity contribution in [3.63, 3.8) is 0 Å². The van der Waals surface area contributed by atoms with Crippen LogP contribution in [0.4, 0.5) is 5.69 Å².